The Bertz CT molecular complexity index is 1810. The van der Waals surface area contributed by atoms with Gasteiger partial charge < -0.3 is 20.1 Å². The van der Waals surface area contributed by atoms with Crippen molar-refractivity contribution in [2.45, 2.75) is 43.9 Å². The molecule has 0 bridgehead atoms. The molecule has 2 N–H and O–H groups in total. The maximum absolute atomic E-state index is 15.1. The van der Waals surface area contributed by atoms with E-state index >= 15 is 4.39 Å². The summed E-state index contributed by atoms with van der Waals surface area (Å²) >= 11 is 0. The van der Waals surface area contributed by atoms with Gasteiger partial charge >= 0.3 is 0 Å². The number of rotatable bonds is 8. The third-order valence-corrected chi connectivity index (χ3v) is 8.54. The molecule has 1 aliphatic heterocycles. The van der Waals surface area contributed by atoms with Crippen molar-refractivity contribution in [3.05, 3.63) is 101 Å². The first-order chi connectivity index (χ1) is 21.8. The highest BCUT2D eigenvalue weighted by molar-refractivity contribution is 6.03. The smallest absolute Gasteiger partial charge is 0.268 e. The highest BCUT2D eigenvalue weighted by atomic mass is 19.3. The Hall–Kier alpha value is -4.98. The van der Waals surface area contributed by atoms with E-state index in [9.17, 15) is 23.2 Å². The maximum Gasteiger partial charge on any atom is 0.268 e. The largest absolute Gasteiger partial charge is 0.345 e. The number of anilines is 1. The fourth-order valence-corrected chi connectivity index (χ4v) is 6.23. The van der Waals surface area contributed by atoms with Crippen LogP contribution in [-0.4, -0.2) is 73.4 Å². The van der Waals surface area contributed by atoms with Crippen molar-refractivity contribution in [2.24, 2.45) is 7.05 Å². The van der Waals surface area contributed by atoms with E-state index in [-0.39, 0.29) is 36.4 Å². The van der Waals surface area contributed by atoms with Gasteiger partial charge in [0.25, 0.3) is 23.6 Å². The van der Waals surface area contributed by atoms with Gasteiger partial charge in [0.05, 0.1) is 41.4 Å². The van der Waals surface area contributed by atoms with Crippen LogP contribution in [0.2, 0.25) is 0 Å². The molecule has 3 amide bonds. The predicted octanol–water partition coefficient (Wildman–Crippen LogP) is 3.78. The predicted molar refractivity (Wildman–Crippen MR) is 162 cm³/mol. The minimum absolute atomic E-state index is 0.0788. The number of hydrogen-bond donors (Lipinski definition) is 2. The second kappa shape index (κ2) is 11.7. The van der Waals surface area contributed by atoms with Gasteiger partial charge in [0, 0.05) is 76.6 Å². The number of aryl methyl sites for hydroxylation is 1. The minimum atomic E-state index is -2.89. The quantitative estimate of drug-likeness (QED) is 0.305. The van der Waals surface area contributed by atoms with Crippen molar-refractivity contribution in [2.75, 3.05) is 26.0 Å². The van der Waals surface area contributed by atoms with Gasteiger partial charge in [0.1, 0.15) is 11.5 Å². The zero-order valence-electron chi connectivity index (χ0n) is 25.6. The standard InChI is InChI=1S/C32H33F3N8O3/c1-40(2)30(46)20-4-5-21(25(33)12-20)17-42-10-11-43-26(8-9-27(43)31(42)18-32(34,35)19-31)29(45)37-14-23-6-7-24(15-36-23)39-28(44)22-13-38-41(3)16-22/h4-9,12-13,15-16H,10-11,14,17-19H2,1-3H3,(H,37,45)(H,39,44). The third-order valence-electron chi connectivity index (χ3n) is 8.54. The molecule has 0 radical (unpaired) electrons. The number of fused-ring (bicyclic) bond motifs is 2. The second-order valence-corrected chi connectivity index (χ2v) is 12.0. The lowest BCUT2D eigenvalue weighted by atomic mass is 9.68. The van der Waals surface area contributed by atoms with E-state index in [2.05, 4.69) is 20.7 Å². The van der Waals surface area contributed by atoms with Crippen LogP contribution in [0.25, 0.3) is 0 Å². The number of carbonyl (C=O) groups is 3. The molecule has 46 heavy (non-hydrogen) atoms. The molecule has 4 heterocycles. The highest BCUT2D eigenvalue weighted by Gasteiger charge is 2.62. The summed E-state index contributed by atoms with van der Waals surface area (Å²) in [6.45, 7) is 0.858. The molecule has 1 fully saturated rings. The first-order valence-corrected chi connectivity index (χ1v) is 14.7. The summed E-state index contributed by atoms with van der Waals surface area (Å²) in [4.78, 5) is 45.4. The minimum Gasteiger partial charge on any atom is -0.345 e. The van der Waals surface area contributed by atoms with Crippen molar-refractivity contribution >= 4 is 23.4 Å². The lowest BCUT2D eigenvalue weighted by Gasteiger charge is -2.56. The number of alkyl halides is 2. The number of hydrogen-bond acceptors (Lipinski definition) is 6. The number of nitrogens with zero attached hydrogens (tertiary/aromatic N) is 6. The van der Waals surface area contributed by atoms with Gasteiger partial charge in [0.15, 0.2) is 0 Å². The molecule has 11 nitrogen and oxygen atoms in total. The van der Waals surface area contributed by atoms with Crippen LogP contribution >= 0.6 is 0 Å². The molecular weight excluding hydrogens is 601 g/mol. The van der Waals surface area contributed by atoms with Crippen LogP contribution in [0.5, 0.6) is 0 Å². The number of nitrogens with one attached hydrogen (secondary N) is 2. The maximum atomic E-state index is 15.1. The summed E-state index contributed by atoms with van der Waals surface area (Å²) in [6.07, 6.45) is 3.64. The van der Waals surface area contributed by atoms with Crippen LogP contribution in [0, 0.1) is 5.82 Å². The van der Waals surface area contributed by atoms with E-state index < -0.39 is 30.1 Å². The van der Waals surface area contributed by atoms with Gasteiger partial charge in [-0.15, -0.1) is 0 Å². The van der Waals surface area contributed by atoms with Crippen molar-refractivity contribution in [3.63, 3.8) is 0 Å². The Morgan fingerprint density at radius 3 is 2.39 bits per heavy atom. The number of amides is 3. The topological polar surface area (TPSA) is 117 Å². The first-order valence-electron chi connectivity index (χ1n) is 14.7. The molecule has 1 aliphatic carbocycles. The van der Waals surface area contributed by atoms with Crippen LogP contribution in [-0.2, 0) is 32.2 Å². The van der Waals surface area contributed by atoms with E-state index in [1.165, 1.54) is 34.1 Å². The van der Waals surface area contributed by atoms with Crippen LogP contribution in [0.1, 0.15) is 61.0 Å². The molecule has 1 saturated carbocycles. The second-order valence-electron chi connectivity index (χ2n) is 12.0. The number of pyridine rings is 1. The molecular formula is C32H33F3N8O3. The highest BCUT2D eigenvalue weighted by Crippen LogP contribution is 2.57. The van der Waals surface area contributed by atoms with Crippen LogP contribution in [0.15, 0.2) is 61.1 Å². The molecule has 3 aromatic heterocycles. The number of carbonyl (C=O) groups excluding carboxylic acids is 3. The summed E-state index contributed by atoms with van der Waals surface area (Å²) in [5.74, 6) is -4.51. The van der Waals surface area contributed by atoms with Gasteiger partial charge in [-0.2, -0.15) is 5.10 Å². The Morgan fingerprint density at radius 1 is 0.978 bits per heavy atom. The van der Waals surface area contributed by atoms with Gasteiger partial charge in [-0.1, -0.05) is 6.07 Å². The molecule has 6 rings (SSSR count). The van der Waals surface area contributed by atoms with Gasteiger partial charge in [-0.05, 0) is 36.4 Å². The fourth-order valence-electron chi connectivity index (χ4n) is 6.23. The van der Waals surface area contributed by atoms with E-state index in [0.29, 0.717) is 47.0 Å². The fraction of sp³-hybridized carbons (Fsp3) is 0.344. The van der Waals surface area contributed by atoms with Gasteiger partial charge in [0.2, 0.25) is 0 Å². The monoisotopic (exact) mass is 634 g/mol. The molecule has 4 aromatic rings. The van der Waals surface area contributed by atoms with Crippen molar-refractivity contribution in [3.8, 4) is 0 Å². The van der Waals surface area contributed by atoms with E-state index in [1.807, 2.05) is 4.90 Å². The van der Waals surface area contributed by atoms with Crippen LogP contribution in [0.3, 0.4) is 0 Å². The molecule has 14 heteroatoms. The van der Waals surface area contributed by atoms with Gasteiger partial charge in [-0.25, -0.2) is 13.2 Å². The molecule has 1 spiro atoms. The lowest BCUT2D eigenvalue weighted by Crippen LogP contribution is -2.63. The molecule has 0 saturated heterocycles. The summed E-state index contributed by atoms with van der Waals surface area (Å²) < 4.78 is 47.3. The number of halogens is 3. The van der Waals surface area contributed by atoms with E-state index in [4.69, 9.17) is 0 Å². The molecule has 240 valence electrons. The molecule has 0 unspecified atom stereocenters. The Balaban J connectivity index is 1.14. The lowest BCUT2D eigenvalue weighted by molar-refractivity contribution is -0.192. The van der Waals surface area contributed by atoms with Crippen LogP contribution < -0.4 is 10.6 Å². The summed E-state index contributed by atoms with van der Waals surface area (Å²) in [6, 6.07) is 10.9. The van der Waals surface area contributed by atoms with E-state index in [0.717, 1.165) is 0 Å². The van der Waals surface area contributed by atoms with Gasteiger partial charge in [-0.3, -0.25) is 28.9 Å². The summed E-state index contributed by atoms with van der Waals surface area (Å²) in [5.41, 5.74) is 1.81. The van der Waals surface area contributed by atoms with Crippen molar-refractivity contribution < 1.29 is 27.6 Å². The number of aromatic nitrogens is 4. The molecule has 0 atom stereocenters. The van der Waals surface area contributed by atoms with Crippen molar-refractivity contribution in [1.82, 2.24) is 34.4 Å². The molecule has 2 aliphatic rings. The Kier molecular flexibility index (Phi) is 7.92. The Morgan fingerprint density at radius 2 is 1.76 bits per heavy atom. The number of benzene rings is 1. The molecule has 1 aromatic carbocycles. The zero-order chi connectivity index (χ0) is 32.8. The average molecular weight is 635 g/mol. The zero-order valence-corrected chi connectivity index (χ0v) is 25.6. The van der Waals surface area contributed by atoms with E-state index in [1.54, 1.807) is 62.2 Å². The normalized spacial score (nSPS) is 16.4. The third kappa shape index (κ3) is 5.87. The summed E-state index contributed by atoms with van der Waals surface area (Å²) in [7, 11) is 4.87. The van der Waals surface area contributed by atoms with Crippen LogP contribution in [0.4, 0.5) is 18.9 Å². The average Bonchev–Trinajstić information content (AvgIpc) is 3.64. The summed E-state index contributed by atoms with van der Waals surface area (Å²) in [5, 5.41) is 9.55. The first kappa shape index (κ1) is 31.0. The Labute approximate surface area is 263 Å². The van der Waals surface area contributed by atoms with Crippen molar-refractivity contribution in [1.29, 1.82) is 0 Å². The SMILES string of the molecule is CN(C)C(=O)c1ccc(CN2CCn3c(C(=O)NCc4ccc(NC(=O)c5cnn(C)c5)cn4)ccc3C23CC(F)(F)C3)c(F)c1.